The van der Waals surface area contributed by atoms with E-state index < -0.39 is 0 Å². The van der Waals surface area contributed by atoms with Gasteiger partial charge in [0.1, 0.15) is 0 Å². The summed E-state index contributed by atoms with van der Waals surface area (Å²) in [6.07, 6.45) is 2.77. The zero-order valence-corrected chi connectivity index (χ0v) is 9.00. The molecule has 1 aliphatic rings. The number of nitrogens with two attached hydrogens (primary N) is 1. The fourth-order valence-electron chi connectivity index (χ4n) is 1.90. The van der Waals surface area contributed by atoms with Gasteiger partial charge >= 0.3 is 0 Å². The first-order valence-corrected chi connectivity index (χ1v) is 5.35. The van der Waals surface area contributed by atoms with E-state index in [1.54, 1.807) is 0 Å². The molecule has 0 unspecified atom stereocenters. The van der Waals surface area contributed by atoms with Crippen molar-refractivity contribution >= 4 is 0 Å². The molecule has 78 valence electrons. The molecule has 2 N–H and O–H groups in total. The van der Waals surface area contributed by atoms with Crippen molar-refractivity contribution in [2.24, 2.45) is 5.73 Å². The van der Waals surface area contributed by atoms with Gasteiger partial charge in [-0.2, -0.15) is 0 Å². The van der Waals surface area contributed by atoms with Crippen molar-refractivity contribution in [3.63, 3.8) is 0 Å². The van der Waals surface area contributed by atoms with Crippen LogP contribution in [0.3, 0.4) is 0 Å². The summed E-state index contributed by atoms with van der Waals surface area (Å²) in [4.78, 5) is 4.86. The first kappa shape index (κ1) is 11.0. The van der Waals surface area contributed by atoms with Crippen LogP contribution in [-0.4, -0.2) is 55.6 Å². The lowest BCUT2D eigenvalue weighted by molar-refractivity contribution is 0.250. The van der Waals surface area contributed by atoms with Gasteiger partial charge in [-0.3, -0.25) is 0 Å². The largest absolute Gasteiger partial charge is 0.327 e. The molecule has 1 atom stereocenters. The number of hydrogen-bond donors (Lipinski definition) is 1. The Balaban J connectivity index is 2.03. The van der Waals surface area contributed by atoms with Crippen LogP contribution in [0, 0.1) is 0 Å². The molecule has 1 saturated heterocycles. The van der Waals surface area contributed by atoms with Crippen molar-refractivity contribution in [1.29, 1.82) is 0 Å². The standard InChI is InChI=1S/C10H23N3/c1-10(11)9-12(2)7-8-13-5-3-4-6-13/h10H,3-9,11H2,1-2H3/t10-/m0/s1. The van der Waals surface area contributed by atoms with Crippen molar-refractivity contribution in [1.82, 2.24) is 9.80 Å². The van der Waals surface area contributed by atoms with Gasteiger partial charge in [-0.25, -0.2) is 0 Å². The van der Waals surface area contributed by atoms with Crippen molar-refractivity contribution in [3.05, 3.63) is 0 Å². The van der Waals surface area contributed by atoms with Crippen LogP contribution in [-0.2, 0) is 0 Å². The SMILES string of the molecule is C[C@H](N)CN(C)CCN1CCCC1. The van der Waals surface area contributed by atoms with Gasteiger partial charge in [0.2, 0.25) is 0 Å². The van der Waals surface area contributed by atoms with Crippen LogP contribution in [0.15, 0.2) is 0 Å². The molecule has 0 aromatic rings. The fourth-order valence-corrected chi connectivity index (χ4v) is 1.90. The normalized spacial score (nSPS) is 21.2. The van der Waals surface area contributed by atoms with Crippen LogP contribution in [0.4, 0.5) is 0 Å². The lowest BCUT2D eigenvalue weighted by Crippen LogP contribution is -2.37. The smallest absolute Gasteiger partial charge is 0.0139 e. The number of likely N-dealkylation sites (tertiary alicyclic amines) is 1. The predicted molar refractivity (Wildman–Crippen MR) is 56.8 cm³/mol. The highest BCUT2D eigenvalue weighted by molar-refractivity contribution is 4.68. The number of nitrogens with zero attached hydrogens (tertiary/aromatic N) is 2. The average Bonchev–Trinajstić information content (AvgIpc) is 2.51. The molecule has 0 aliphatic carbocycles. The van der Waals surface area contributed by atoms with Gasteiger partial charge < -0.3 is 15.5 Å². The minimum absolute atomic E-state index is 0.295. The monoisotopic (exact) mass is 185 g/mol. The van der Waals surface area contributed by atoms with Crippen LogP contribution in [0.5, 0.6) is 0 Å². The Morgan fingerprint density at radius 2 is 2.00 bits per heavy atom. The average molecular weight is 185 g/mol. The molecule has 1 rings (SSSR count). The summed E-state index contributed by atoms with van der Waals surface area (Å²) in [5.41, 5.74) is 5.72. The number of likely N-dealkylation sites (N-methyl/N-ethyl adjacent to an activating group) is 1. The summed E-state index contributed by atoms with van der Waals surface area (Å²) in [7, 11) is 2.15. The first-order chi connectivity index (χ1) is 6.18. The molecule has 0 amide bonds. The van der Waals surface area contributed by atoms with Crippen LogP contribution in [0.1, 0.15) is 19.8 Å². The zero-order valence-electron chi connectivity index (χ0n) is 9.00. The molecule has 0 bridgehead atoms. The summed E-state index contributed by atoms with van der Waals surface area (Å²) in [5.74, 6) is 0. The number of hydrogen-bond acceptors (Lipinski definition) is 3. The summed E-state index contributed by atoms with van der Waals surface area (Å²) in [6, 6.07) is 0.295. The van der Waals surface area contributed by atoms with Gasteiger partial charge in [-0.05, 0) is 39.9 Å². The highest BCUT2D eigenvalue weighted by Crippen LogP contribution is 2.06. The van der Waals surface area contributed by atoms with E-state index in [4.69, 9.17) is 5.73 Å². The predicted octanol–water partition coefficient (Wildman–Crippen LogP) is 0.361. The molecule has 3 heteroatoms. The van der Waals surface area contributed by atoms with Crippen molar-refractivity contribution in [3.8, 4) is 0 Å². The Hall–Kier alpha value is -0.120. The lowest BCUT2D eigenvalue weighted by atomic mass is 10.3. The Morgan fingerprint density at radius 3 is 2.54 bits per heavy atom. The minimum Gasteiger partial charge on any atom is -0.327 e. The molecule has 0 aromatic heterocycles. The third-order valence-corrected chi connectivity index (χ3v) is 2.60. The Kier molecular flexibility index (Phi) is 4.70. The maximum atomic E-state index is 5.72. The van der Waals surface area contributed by atoms with Gasteiger partial charge in [0.25, 0.3) is 0 Å². The maximum absolute atomic E-state index is 5.72. The van der Waals surface area contributed by atoms with Gasteiger partial charge in [-0.15, -0.1) is 0 Å². The maximum Gasteiger partial charge on any atom is 0.0139 e. The molecule has 1 heterocycles. The van der Waals surface area contributed by atoms with Gasteiger partial charge in [0.15, 0.2) is 0 Å². The van der Waals surface area contributed by atoms with Crippen LogP contribution >= 0.6 is 0 Å². The molecular weight excluding hydrogens is 162 g/mol. The van der Waals surface area contributed by atoms with E-state index in [1.165, 1.54) is 32.5 Å². The third kappa shape index (κ3) is 4.60. The molecular formula is C10H23N3. The zero-order chi connectivity index (χ0) is 9.68. The van der Waals surface area contributed by atoms with E-state index in [9.17, 15) is 0 Å². The summed E-state index contributed by atoms with van der Waals surface area (Å²) in [5, 5.41) is 0. The van der Waals surface area contributed by atoms with E-state index in [0.717, 1.165) is 13.1 Å². The molecule has 0 aromatic carbocycles. The Morgan fingerprint density at radius 1 is 1.38 bits per heavy atom. The quantitative estimate of drug-likeness (QED) is 0.671. The number of rotatable bonds is 5. The van der Waals surface area contributed by atoms with E-state index in [1.807, 2.05) is 0 Å². The van der Waals surface area contributed by atoms with Crippen LogP contribution in [0.25, 0.3) is 0 Å². The van der Waals surface area contributed by atoms with Gasteiger partial charge in [-0.1, -0.05) is 0 Å². The van der Waals surface area contributed by atoms with Crippen LogP contribution < -0.4 is 5.73 Å². The fraction of sp³-hybridized carbons (Fsp3) is 1.00. The molecule has 0 radical (unpaired) electrons. The second-order valence-corrected chi connectivity index (χ2v) is 4.29. The molecule has 3 nitrogen and oxygen atoms in total. The molecule has 1 aliphatic heterocycles. The molecule has 0 spiro atoms. The molecule has 13 heavy (non-hydrogen) atoms. The Bertz CT molecular complexity index is 130. The van der Waals surface area contributed by atoms with E-state index in [-0.39, 0.29) is 0 Å². The van der Waals surface area contributed by atoms with Crippen molar-refractivity contribution in [2.45, 2.75) is 25.8 Å². The second kappa shape index (κ2) is 5.58. The first-order valence-electron chi connectivity index (χ1n) is 5.35. The van der Waals surface area contributed by atoms with Gasteiger partial charge in [0.05, 0.1) is 0 Å². The van der Waals surface area contributed by atoms with E-state index in [0.29, 0.717) is 6.04 Å². The van der Waals surface area contributed by atoms with Crippen molar-refractivity contribution < 1.29 is 0 Å². The topological polar surface area (TPSA) is 32.5 Å². The second-order valence-electron chi connectivity index (χ2n) is 4.29. The third-order valence-electron chi connectivity index (χ3n) is 2.60. The summed E-state index contributed by atoms with van der Waals surface area (Å²) < 4.78 is 0. The highest BCUT2D eigenvalue weighted by atomic mass is 15.2. The van der Waals surface area contributed by atoms with Crippen molar-refractivity contribution in [2.75, 3.05) is 39.8 Å². The minimum atomic E-state index is 0.295. The van der Waals surface area contributed by atoms with Crippen LogP contribution in [0.2, 0.25) is 0 Å². The summed E-state index contributed by atoms with van der Waals surface area (Å²) >= 11 is 0. The van der Waals surface area contributed by atoms with Gasteiger partial charge in [0, 0.05) is 25.7 Å². The molecule has 1 fully saturated rings. The van der Waals surface area contributed by atoms with E-state index in [2.05, 4.69) is 23.8 Å². The van der Waals surface area contributed by atoms with E-state index >= 15 is 0 Å². The summed E-state index contributed by atoms with van der Waals surface area (Å²) in [6.45, 7) is 8.03. The Labute approximate surface area is 81.9 Å². The lowest BCUT2D eigenvalue weighted by Gasteiger charge is -2.22. The highest BCUT2D eigenvalue weighted by Gasteiger charge is 2.11. The molecule has 0 saturated carbocycles.